The Kier molecular flexibility index (Phi) is 7.54. The van der Waals surface area contributed by atoms with E-state index in [1.807, 2.05) is 24.3 Å². The van der Waals surface area contributed by atoms with Gasteiger partial charge < -0.3 is 9.84 Å². The summed E-state index contributed by atoms with van der Waals surface area (Å²) in [5.74, 6) is 1.08. The van der Waals surface area contributed by atoms with Crippen LogP contribution < -0.4 is 4.74 Å². The van der Waals surface area contributed by atoms with Gasteiger partial charge in [0, 0.05) is 22.0 Å². The first-order chi connectivity index (χ1) is 14.7. The van der Waals surface area contributed by atoms with Crippen molar-refractivity contribution in [2.45, 2.75) is 31.9 Å². The fourth-order valence-electron chi connectivity index (χ4n) is 2.71. The monoisotopic (exact) mass is 461 g/mol. The van der Waals surface area contributed by atoms with Crippen molar-refractivity contribution in [1.29, 1.82) is 0 Å². The number of allylic oxidation sites excluding steroid dienone is 1. The second-order valence-corrected chi connectivity index (χ2v) is 9.82. The molecule has 1 aromatic heterocycles. The van der Waals surface area contributed by atoms with Crippen LogP contribution in [-0.4, -0.2) is 30.4 Å². The number of rotatable bonds is 9. The highest BCUT2D eigenvalue weighted by Crippen LogP contribution is 2.29. The second kappa shape index (κ2) is 10.1. The molecule has 0 aliphatic rings. The number of hydrogen-bond donors (Lipinski definition) is 1. The van der Waals surface area contributed by atoms with E-state index in [0.29, 0.717) is 35.1 Å². The largest absolute Gasteiger partial charge is 0.507 e. The average molecular weight is 462 g/mol. The van der Waals surface area contributed by atoms with Crippen molar-refractivity contribution in [3.63, 3.8) is 0 Å². The third-order valence-electron chi connectivity index (χ3n) is 4.48. The minimum atomic E-state index is -3.49. The maximum absolute atomic E-state index is 11.6. The van der Waals surface area contributed by atoms with Gasteiger partial charge in [-0.1, -0.05) is 23.8 Å². The molecule has 0 amide bonds. The number of fused-ring (bicyclic) bond motifs is 1. The van der Waals surface area contributed by atoms with Gasteiger partial charge in [-0.3, -0.25) is 4.18 Å². The molecule has 0 bridgehead atoms. The van der Waals surface area contributed by atoms with Gasteiger partial charge in [-0.05, 0) is 69.2 Å². The van der Waals surface area contributed by atoms with Crippen LogP contribution in [0.15, 0.2) is 54.6 Å². The van der Waals surface area contributed by atoms with E-state index >= 15 is 0 Å². The van der Waals surface area contributed by atoms with Crippen LogP contribution in [0.4, 0.5) is 0 Å². The quantitative estimate of drug-likeness (QED) is 0.313. The first kappa shape index (κ1) is 23.1. The van der Waals surface area contributed by atoms with E-state index in [9.17, 15) is 13.5 Å². The average Bonchev–Trinajstić information content (AvgIpc) is 2.72. The van der Waals surface area contributed by atoms with Gasteiger partial charge in [0.05, 0.1) is 17.4 Å². The lowest BCUT2D eigenvalue weighted by atomic mass is 10.1. The standard InChI is InChI=1S/C23H24ClNO5S/c1-16(2)31(27,28)29-13-5-3-4-6-18-15-20(9-11-22(18)26)30-23-12-7-17-14-19(24)8-10-21(17)25-23/h4,6-12,14-16,26H,3,5,13H2,1-2H3. The zero-order chi connectivity index (χ0) is 22.4. The number of hydrogen-bond acceptors (Lipinski definition) is 6. The molecular formula is C23H24ClNO5S. The highest BCUT2D eigenvalue weighted by Gasteiger charge is 2.15. The number of halogens is 1. The normalized spacial score (nSPS) is 12.1. The first-order valence-electron chi connectivity index (χ1n) is 9.86. The number of phenols is 1. The molecule has 164 valence electrons. The van der Waals surface area contributed by atoms with Gasteiger partial charge in [0.15, 0.2) is 0 Å². The summed E-state index contributed by atoms with van der Waals surface area (Å²) in [6.45, 7) is 3.28. The van der Waals surface area contributed by atoms with Crippen molar-refractivity contribution in [3.05, 3.63) is 65.2 Å². The maximum Gasteiger partial charge on any atom is 0.269 e. The van der Waals surface area contributed by atoms with Gasteiger partial charge in [0.25, 0.3) is 10.1 Å². The molecule has 31 heavy (non-hydrogen) atoms. The fraction of sp³-hybridized carbons (Fsp3) is 0.261. The Morgan fingerprint density at radius 1 is 1.13 bits per heavy atom. The summed E-state index contributed by atoms with van der Waals surface area (Å²) >= 11 is 6.00. The summed E-state index contributed by atoms with van der Waals surface area (Å²) in [6.07, 6.45) is 4.76. The van der Waals surface area contributed by atoms with Crippen LogP contribution in [0.5, 0.6) is 17.4 Å². The third-order valence-corrected chi connectivity index (χ3v) is 6.37. The van der Waals surface area contributed by atoms with E-state index in [1.54, 1.807) is 50.3 Å². The summed E-state index contributed by atoms with van der Waals surface area (Å²) in [4.78, 5) is 4.47. The number of aromatic nitrogens is 1. The van der Waals surface area contributed by atoms with Gasteiger partial charge in [0.2, 0.25) is 5.88 Å². The van der Waals surface area contributed by atoms with Crippen LogP contribution in [-0.2, 0) is 14.3 Å². The summed E-state index contributed by atoms with van der Waals surface area (Å²) in [5, 5.41) is 11.1. The molecule has 2 aromatic carbocycles. The van der Waals surface area contributed by atoms with E-state index in [2.05, 4.69) is 4.98 Å². The number of unbranched alkanes of at least 4 members (excludes halogenated alkanes) is 1. The van der Waals surface area contributed by atoms with Gasteiger partial charge in [0.1, 0.15) is 11.5 Å². The SMILES string of the molecule is CC(C)S(=O)(=O)OCCCC=Cc1cc(Oc2ccc3cc(Cl)ccc3n2)ccc1O. The Morgan fingerprint density at radius 2 is 1.94 bits per heavy atom. The number of benzene rings is 2. The molecule has 6 nitrogen and oxygen atoms in total. The second-order valence-electron chi connectivity index (χ2n) is 7.22. The summed E-state index contributed by atoms with van der Waals surface area (Å²) < 4.78 is 34.0. The van der Waals surface area contributed by atoms with Crippen molar-refractivity contribution >= 4 is 38.7 Å². The highest BCUT2D eigenvalue weighted by atomic mass is 35.5. The summed E-state index contributed by atoms with van der Waals surface area (Å²) in [5.41, 5.74) is 1.35. The van der Waals surface area contributed by atoms with Gasteiger partial charge in [-0.25, -0.2) is 4.98 Å². The number of ether oxygens (including phenoxy) is 1. The number of aromatic hydroxyl groups is 1. The molecule has 1 N–H and O–H groups in total. The smallest absolute Gasteiger partial charge is 0.269 e. The Bertz CT molecular complexity index is 1190. The Balaban J connectivity index is 1.61. The van der Waals surface area contributed by atoms with E-state index in [0.717, 1.165) is 10.9 Å². The van der Waals surface area contributed by atoms with Gasteiger partial charge in [-0.2, -0.15) is 8.42 Å². The third kappa shape index (κ3) is 6.43. The molecule has 0 radical (unpaired) electrons. The molecule has 8 heteroatoms. The summed E-state index contributed by atoms with van der Waals surface area (Å²) in [6, 6.07) is 14.0. The molecule has 3 aromatic rings. The van der Waals surface area contributed by atoms with Crippen LogP contribution in [0.2, 0.25) is 5.02 Å². The molecule has 0 saturated heterocycles. The molecule has 0 aliphatic heterocycles. The van der Waals surface area contributed by atoms with E-state index < -0.39 is 15.4 Å². The summed E-state index contributed by atoms with van der Waals surface area (Å²) in [7, 11) is -3.49. The first-order valence-corrected chi connectivity index (χ1v) is 11.7. The van der Waals surface area contributed by atoms with Crippen LogP contribution >= 0.6 is 11.6 Å². The minimum Gasteiger partial charge on any atom is -0.507 e. The predicted octanol–water partition coefficient (Wildman–Crippen LogP) is 5.93. The lowest BCUT2D eigenvalue weighted by molar-refractivity contribution is 0.309. The lowest BCUT2D eigenvalue weighted by Gasteiger charge is -2.08. The van der Waals surface area contributed by atoms with Crippen molar-refractivity contribution in [1.82, 2.24) is 4.98 Å². The van der Waals surface area contributed by atoms with Crippen LogP contribution in [0.3, 0.4) is 0 Å². The van der Waals surface area contributed by atoms with Crippen molar-refractivity contribution < 1.29 is 22.4 Å². The lowest BCUT2D eigenvalue weighted by Crippen LogP contribution is -2.17. The van der Waals surface area contributed by atoms with Crippen molar-refractivity contribution in [3.8, 4) is 17.4 Å². The van der Waals surface area contributed by atoms with Crippen LogP contribution in [0.1, 0.15) is 32.3 Å². The number of phenolic OH excluding ortho intramolecular Hbond substituents is 1. The zero-order valence-corrected chi connectivity index (χ0v) is 18.9. The molecule has 0 fully saturated rings. The van der Waals surface area contributed by atoms with E-state index in [4.69, 9.17) is 20.5 Å². The molecule has 0 unspecified atom stereocenters. The molecule has 3 rings (SSSR count). The van der Waals surface area contributed by atoms with Crippen molar-refractivity contribution in [2.75, 3.05) is 6.61 Å². The maximum atomic E-state index is 11.6. The molecule has 0 spiro atoms. The van der Waals surface area contributed by atoms with Gasteiger partial charge in [-0.15, -0.1) is 0 Å². The number of nitrogens with zero attached hydrogens (tertiary/aromatic N) is 1. The molecule has 0 saturated carbocycles. The topological polar surface area (TPSA) is 85.7 Å². The molecular weight excluding hydrogens is 438 g/mol. The van der Waals surface area contributed by atoms with E-state index in [-0.39, 0.29) is 12.4 Å². The molecule has 0 atom stereocenters. The molecule has 0 aliphatic carbocycles. The minimum absolute atomic E-state index is 0.114. The number of pyridine rings is 1. The van der Waals surface area contributed by atoms with Crippen LogP contribution in [0.25, 0.3) is 17.0 Å². The fourth-order valence-corrected chi connectivity index (χ4v) is 3.51. The van der Waals surface area contributed by atoms with Crippen molar-refractivity contribution in [2.24, 2.45) is 0 Å². The van der Waals surface area contributed by atoms with Crippen LogP contribution in [0, 0.1) is 0 Å². The molecule has 1 heterocycles. The Morgan fingerprint density at radius 3 is 2.71 bits per heavy atom. The zero-order valence-electron chi connectivity index (χ0n) is 17.3. The van der Waals surface area contributed by atoms with E-state index in [1.165, 1.54) is 0 Å². The Hall–Kier alpha value is -2.61. The highest BCUT2D eigenvalue weighted by molar-refractivity contribution is 7.87. The predicted molar refractivity (Wildman–Crippen MR) is 123 cm³/mol. The van der Waals surface area contributed by atoms with Gasteiger partial charge >= 0.3 is 0 Å². The Labute approximate surface area is 187 Å².